The Labute approximate surface area is 837 Å². The maximum Gasteiger partial charge on any atom is 0.121 e. The topological polar surface area (TPSA) is 17.1 Å². The Morgan fingerprint density at radius 2 is 0.725 bits per heavy atom. The Morgan fingerprint density at radius 1 is 0.358 bits per heavy atom. The molecule has 0 radical (unpaired) electrons. The largest absolute Gasteiger partial charge is 0.303 e. The second-order valence-electron chi connectivity index (χ2n) is 37.1. The first-order chi connectivity index (χ1) is 56.9. The Hall–Kier alpha value is 5.64. The molecule has 11 atom stereocenters. The molecular formula is C96H174OS23. The van der Waals surface area contributed by atoms with Crippen LogP contribution in [0.5, 0.6) is 0 Å². The first-order valence-corrected chi connectivity index (χ1v) is 71.8. The van der Waals surface area contributed by atoms with Crippen LogP contribution in [0, 0.1) is 0 Å². The Bertz CT molecular complexity index is 2810. The second-order valence-corrected chi connectivity index (χ2v) is 72.2. The van der Waals surface area contributed by atoms with Crippen molar-refractivity contribution in [2.75, 3.05) is 5.75 Å². The summed E-state index contributed by atoms with van der Waals surface area (Å²) in [5.41, 5.74) is 9.86. The summed E-state index contributed by atoms with van der Waals surface area (Å²) in [4.78, 5) is 12.2. The smallest absolute Gasteiger partial charge is 0.121 e. The third kappa shape index (κ3) is 69.4. The van der Waals surface area contributed by atoms with Gasteiger partial charge in [-0.1, -0.05) is 419 Å². The highest BCUT2D eigenvalue weighted by atomic mass is 33.5. The molecule has 11 unspecified atom stereocenters. The van der Waals surface area contributed by atoms with Crippen molar-refractivity contribution in [2.24, 2.45) is 0 Å². The molecule has 24 heteroatoms. The van der Waals surface area contributed by atoms with E-state index in [1.807, 2.05) is 21.6 Å². The predicted octanol–water partition coefficient (Wildman–Crippen LogP) is 44.5. The fourth-order valence-electron chi connectivity index (χ4n) is 13.1. The molecule has 1 saturated heterocycles. The molecule has 1 rings (SSSR count). The van der Waals surface area contributed by atoms with Gasteiger partial charge in [-0.25, -0.2) is 0 Å². The van der Waals surface area contributed by atoms with Crippen LogP contribution in [0.1, 0.15) is 430 Å². The fourth-order valence-corrected chi connectivity index (χ4v) is 59.2. The number of hydrogen-bond acceptors (Lipinski definition) is 24. The lowest BCUT2D eigenvalue weighted by Crippen LogP contribution is -2.26. The van der Waals surface area contributed by atoms with Gasteiger partial charge in [0.25, 0.3) is 0 Å². The molecule has 1 aliphatic heterocycles. The zero-order chi connectivity index (χ0) is 89.6. The molecule has 0 spiro atoms. The molecule has 0 bridgehead atoms. The van der Waals surface area contributed by atoms with Crippen LogP contribution >= 0.6 is 246 Å². The Kier molecular flexibility index (Phi) is 77.0. The highest BCUT2D eigenvalue weighted by Gasteiger charge is 2.40. The van der Waals surface area contributed by atoms with E-state index in [1.54, 1.807) is 0 Å². The molecule has 1 nitrogen and oxygen atoms in total. The number of hydrogen-bond donors (Lipinski definition) is 1. The number of carbonyl (C=O) groups excluding carboxylic acids is 1. The van der Waals surface area contributed by atoms with Crippen molar-refractivity contribution in [1.82, 2.24) is 0 Å². The van der Waals surface area contributed by atoms with Crippen molar-refractivity contribution in [2.45, 2.75) is 492 Å². The zero-order valence-corrected chi connectivity index (χ0v) is 98.9. The van der Waals surface area contributed by atoms with Gasteiger partial charge in [-0.3, -0.25) is 0 Å². The number of carbonyl (C=O) groups is 1. The van der Waals surface area contributed by atoms with Crippen LogP contribution < -0.4 is 0 Å². The van der Waals surface area contributed by atoms with Gasteiger partial charge in [0.1, 0.15) is 6.29 Å². The number of allylic oxidation sites excluding steroid dienone is 14. The molecule has 0 aromatic heterocycles. The van der Waals surface area contributed by atoms with Crippen LogP contribution in [0.15, 0.2) is 93.0 Å². The van der Waals surface area contributed by atoms with Crippen LogP contribution in [0.3, 0.4) is 0 Å². The monoisotopic (exact) mass is 2080 g/mol. The van der Waals surface area contributed by atoms with Gasteiger partial charge in [0.05, 0.1) is 18.3 Å². The van der Waals surface area contributed by atoms with Crippen molar-refractivity contribution in [3.8, 4) is 0 Å². The van der Waals surface area contributed by atoms with E-state index in [9.17, 15) is 4.79 Å². The van der Waals surface area contributed by atoms with E-state index >= 15 is 0 Å². The molecule has 0 amide bonds. The summed E-state index contributed by atoms with van der Waals surface area (Å²) in [6.45, 7) is 58.7. The highest BCUT2D eigenvalue weighted by Crippen LogP contribution is 2.65. The van der Waals surface area contributed by atoms with Gasteiger partial charge in [0.15, 0.2) is 0 Å². The number of unbranched alkanes of at least 4 members (excludes halogenated alkanes) is 12. The van der Waals surface area contributed by atoms with E-state index in [0.29, 0.717) is 24.7 Å². The third-order valence-electron chi connectivity index (χ3n) is 21.1. The average Bonchev–Trinajstić information content (AvgIpc) is 1.12. The minimum Gasteiger partial charge on any atom is -0.303 e. The van der Waals surface area contributed by atoms with Gasteiger partial charge in [-0.2, -0.15) is 12.6 Å². The summed E-state index contributed by atoms with van der Waals surface area (Å²) in [7, 11) is 47.1. The number of rotatable bonds is 78. The summed E-state index contributed by atoms with van der Waals surface area (Å²) >= 11 is 5.48. The highest BCUT2D eigenvalue weighted by molar-refractivity contribution is 9.13. The van der Waals surface area contributed by atoms with Crippen molar-refractivity contribution >= 4 is 253 Å². The van der Waals surface area contributed by atoms with E-state index < -0.39 is 0 Å². The maximum absolute atomic E-state index is 12.2. The van der Waals surface area contributed by atoms with Crippen molar-refractivity contribution in [1.29, 1.82) is 0 Å². The van der Waals surface area contributed by atoms with Gasteiger partial charge >= 0.3 is 0 Å². The molecule has 0 aromatic rings. The predicted molar refractivity (Wildman–Crippen MR) is 621 cm³/mol. The molecule has 702 valence electrons. The molecule has 1 fully saturated rings. The van der Waals surface area contributed by atoms with E-state index in [4.69, 9.17) is 12.6 Å². The minimum atomic E-state index is -0.0924. The fraction of sp³-hybridized carbons (Fsp3) is 0.823. The van der Waals surface area contributed by atoms with E-state index in [1.165, 1.54) is 186 Å². The molecule has 1 heterocycles. The summed E-state index contributed by atoms with van der Waals surface area (Å²) in [5, 5.41) is 4.02. The summed E-state index contributed by atoms with van der Waals surface area (Å²) in [5.74, 6) is 1.21. The molecule has 0 N–H and O–H groups in total. The van der Waals surface area contributed by atoms with Crippen molar-refractivity contribution in [3.63, 3.8) is 0 Å². The number of thiol groups is 1. The molecule has 0 aliphatic carbocycles. The van der Waals surface area contributed by atoms with Crippen LogP contribution in [-0.2, 0) is 4.79 Å². The minimum absolute atomic E-state index is 0.0370. The molecule has 120 heavy (non-hydrogen) atoms. The lowest BCUT2D eigenvalue weighted by Gasteiger charge is -2.35. The first kappa shape index (κ1) is 124. The normalized spacial score (nSPS) is 18.1. The van der Waals surface area contributed by atoms with E-state index in [-0.39, 0.29) is 33.2 Å². The Morgan fingerprint density at radius 3 is 1.17 bits per heavy atom. The SMILES string of the molecule is CCCCCCC(CCCCCC)SSCCC(C)(CCC=C(C)C)SSSC(CC(C)(CCC=C(C)C)SSSC(C)(CCC=C(C)C)CC1SSSC(CC(C)(CCC=C(C)C)SSC(C)(CC=O)CCC=C(C)C)SS1)SSC=CC(C)(CCC=C(C)C)SSSC(CC(C)(S)CCC=C(C)C)SSC(CCCCCC)CCCCCC. The third-order valence-corrected chi connectivity index (χ3v) is 61.6. The molecule has 0 aromatic carbocycles. The zero-order valence-electron chi connectivity index (χ0n) is 80.1. The Balaban J connectivity index is 3.99. The lowest BCUT2D eigenvalue weighted by atomic mass is 10.0. The van der Waals surface area contributed by atoms with Gasteiger partial charge in [-0.15, -0.1) is 0 Å². The lowest BCUT2D eigenvalue weighted by molar-refractivity contribution is -0.108. The molecule has 0 saturated carbocycles. The van der Waals surface area contributed by atoms with Crippen molar-refractivity contribution in [3.05, 3.63) is 93.0 Å². The van der Waals surface area contributed by atoms with Crippen LogP contribution in [0.4, 0.5) is 0 Å². The summed E-state index contributed by atoms with van der Waals surface area (Å²) < 4.78 is 1.97. The van der Waals surface area contributed by atoms with Crippen LogP contribution in [0.2, 0.25) is 0 Å². The van der Waals surface area contributed by atoms with Crippen LogP contribution in [-0.4, -0.2) is 74.1 Å². The van der Waals surface area contributed by atoms with Gasteiger partial charge in [0.2, 0.25) is 0 Å². The van der Waals surface area contributed by atoms with Gasteiger partial charge in [-0.05, 0) is 331 Å². The standard InChI is InChI=1S/C96H174OS23/c1-26-30-34-38-56-84(57-39-35-31-27-2)101-99-71-68-92(21,62-44-51-79(9)10)114-119-110-87(103-100-72-69-93(22,63-45-52-80(11)12)113-118-109-86(73-90(19,98)60-42-49-77(5)6)104-102-85(58-40-36-32-28-3)59-41-37-33-29-4)74-95(24,65-47-54-82(15)16)115-120-116-96(25,66-48-55-83(17)18)76-89-106-105-88(107-117-108-89)75-94(23,64-46-53-81(13)14)112-111-91(20,67-70-97)61-43-50-78(7)8/h49-55,69-70,72,84-89,98H,26-48,56-68,71,73-76H2,1-25H3. The summed E-state index contributed by atoms with van der Waals surface area (Å²) in [6.07, 6.45) is 69.9. The van der Waals surface area contributed by atoms with Crippen molar-refractivity contribution < 1.29 is 4.79 Å². The van der Waals surface area contributed by atoms with E-state index in [0.717, 1.165) is 126 Å². The molecule has 1 aliphatic rings. The van der Waals surface area contributed by atoms with Gasteiger partial charge < -0.3 is 4.79 Å². The number of aldehydes is 1. The average molecular weight is 2080 g/mol. The van der Waals surface area contributed by atoms with Crippen LogP contribution in [0.25, 0.3) is 0 Å². The first-order valence-electron chi connectivity index (χ1n) is 45.8. The van der Waals surface area contributed by atoms with Gasteiger partial charge in [0, 0.05) is 55.9 Å². The summed E-state index contributed by atoms with van der Waals surface area (Å²) in [6, 6.07) is 0. The molecular weight excluding hydrogens is 1910 g/mol. The van der Waals surface area contributed by atoms with E-state index in [2.05, 4.69) is 439 Å². The quantitative estimate of drug-likeness (QED) is 0.0155. The second kappa shape index (κ2) is 74.8. The maximum atomic E-state index is 12.2.